The Morgan fingerprint density at radius 2 is 2.50 bits per heavy atom. The minimum atomic E-state index is -0.509. The van der Waals surface area contributed by atoms with Crippen LogP contribution >= 0.6 is 0 Å². The average Bonchev–Trinajstić information content (AvgIpc) is 2.30. The summed E-state index contributed by atoms with van der Waals surface area (Å²) in [4.78, 5) is 21.8. The third kappa shape index (κ3) is 0.930. The van der Waals surface area contributed by atoms with E-state index in [1.54, 1.807) is 0 Å². The standard InChI is InChI=1S/C6H7NO3/c1-10-6-3-2-5(9)7(6)4-8/h2-4,6H,1H3. The molecule has 1 unspecified atom stereocenters. The lowest BCUT2D eigenvalue weighted by Gasteiger charge is -2.14. The van der Waals surface area contributed by atoms with Gasteiger partial charge in [0.05, 0.1) is 0 Å². The molecule has 0 fully saturated rings. The Bertz CT molecular complexity index is 187. The Morgan fingerprint density at radius 1 is 1.80 bits per heavy atom. The summed E-state index contributed by atoms with van der Waals surface area (Å²) in [5, 5.41) is 0. The zero-order valence-electron chi connectivity index (χ0n) is 5.48. The third-order valence-electron chi connectivity index (χ3n) is 1.29. The SMILES string of the molecule is COC1C=CC(=O)N1C=O. The van der Waals surface area contributed by atoms with Gasteiger partial charge in [0.25, 0.3) is 5.91 Å². The summed E-state index contributed by atoms with van der Waals surface area (Å²) in [6, 6.07) is 0. The van der Waals surface area contributed by atoms with Crippen molar-refractivity contribution in [3.63, 3.8) is 0 Å². The van der Waals surface area contributed by atoms with Crippen molar-refractivity contribution in [1.82, 2.24) is 4.90 Å². The topological polar surface area (TPSA) is 46.6 Å². The molecule has 0 N–H and O–H groups in total. The molecule has 54 valence electrons. The molecular weight excluding hydrogens is 134 g/mol. The van der Waals surface area contributed by atoms with Crippen molar-refractivity contribution in [2.75, 3.05) is 7.11 Å². The summed E-state index contributed by atoms with van der Waals surface area (Å²) >= 11 is 0. The van der Waals surface area contributed by atoms with Crippen LogP contribution in [-0.2, 0) is 14.3 Å². The number of ether oxygens (including phenoxy) is 1. The maximum Gasteiger partial charge on any atom is 0.255 e. The predicted octanol–water partition coefficient (Wildman–Crippen LogP) is -0.486. The molecule has 0 saturated carbocycles. The molecule has 0 saturated heterocycles. The van der Waals surface area contributed by atoms with Crippen LogP contribution in [0.25, 0.3) is 0 Å². The minimum absolute atomic E-state index is 0.332. The molecule has 0 bridgehead atoms. The largest absolute Gasteiger partial charge is 0.357 e. The first-order valence-electron chi connectivity index (χ1n) is 2.78. The van der Waals surface area contributed by atoms with Crippen molar-refractivity contribution < 1.29 is 14.3 Å². The molecule has 2 amide bonds. The highest BCUT2D eigenvalue weighted by Crippen LogP contribution is 2.07. The van der Waals surface area contributed by atoms with Crippen molar-refractivity contribution >= 4 is 12.3 Å². The summed E-state index contributed by atoms with van der Waals surface area (Å²) in [5.41, 5.74) is 0. The number of carbonyl (C=O) groups is 2. The quantitative estimate of drug-likeness (QED) is 0.487. The first-order chi connectivity index (χ1) is 4.79. The van der Waals surface area contributed by atoms with E-state index in [1.165, 1.54) is 19.3 Å². The number of amides is 2. The summed E-state index contributed by atoms with van der Waals surface area (Å²) in [6.45, 7) is 0. The molecule has 1 aliphatic heterocycles. The van der Waals surface area contributed by atoms with E-state index in [0.717, 1.165) is 4.90 Å². The number of hydrogen-bond acceptors (Lipinski definition) is 3. The predicted molar refractivity (Wildman–Crippen MR) is 32.8 cm³/mol. The Morgan fingerprint density at radius 3 is 2.90 bits per heavy atom. The van der Waals surface area contributed by atoms with Crippen LogP contribution in [0.15, 0.2) is 12.2 Å². The van der Waals surface area contributed by atoms with Crippen molar-refractivity contribution in [2.45, 2.75) is 6.23 Å². The number of carbonyl (C=O) groups excluding carboxylic acids is 2. The lowest BCUT2D eigenvalue weighted by Crippen LogP contribution is -2.33. The number of nitrogens with zero attached hydrogens (tertiary/aromatic N) is 1. The molecule has 1 heterocycles. The van der Waals surface area contributed by atoms with E-state index in [-0.39, 0.29) is 5.91 Å². The van der Waals surface area contributed by atoms with E-state index in [0.29, 0.717) is 6.41 Å². The molecular formula is C6H7NO3. The molecule has 1 aliphatic rings. The van der Waals surface area contributed by atoms with E-state index in [2.05, 4.69) is 0 Å². The van der Waals surface area contributed by atoms with Crippen LogP contribution in [0.3, 0.4) is 0 Å². The maximum absolute atomic E-state index is 10.7. The number of imide groups is 1. The molecule has 0 spiro atoms. The number of methoxy groups -OCH3 is 1. The van der Waals surface area contributed by atoms with Crippen LogP contribution in [0.2, 0.25) is 0 Å². The van der Waals surface area contributed by atoms with Gasteiger partial charge in [-0.1, -0.05) is 0 Å². The van der Waals surface area contributed by atoms with Gasteiger partial charge in [-0.3, -0.25) is 14.5 Å². The van der Waals surface area contributed by atoms with Crippen molar-refractivity contribution in [2.24, 2.45) is 0 Å². The van der Waals surface area contributed by atoms with Crippen LogP contribution in [0, 0.1) is 0 Å². The molecule has 0 aromatic heterocycles. The van der Waals surface area contributed by atoms with Gasteiger partial charge in [0.1, 0.15) is 0 Å². The van der Waals surface area contributed by atoms with E-state index < -0.39 is 6.23 Å². The molecule has 1 rings (SSSR count). The van der Waals surface area contributed by atoms with Gasteiger partial charge in [0.2, 0.25) is 6.41 Å². The van der Waals surface area contributed by atoms with Gasteiger partial charge < -0.3 is 4.74 Å². The molecule has 0 aliphatic carbocycles. The summed E-state index contributed by atoms with van der Waals surface area (Å²) < 4.78 is 4.77. The van der Waals surface area contributed by atoms with E-state index in [1.807, 2.05) is 0 Å². The van der Waals surface area contributed by atoms with Gasteiger partial charge in [0, 0.05) is 13.2 Å². The first-order valence-corrected chi connectivity index (χ1v) is 2.78. The molecule has 4 nitrogen and oxygen atoms in total. The van der Waals surface area contributed by atoms with Gasteiger partial charge in [-0.2, -0.15) is 0 Å². The lowest BCUT2D eigenvalue weighted by atomic mass is 10.5. The Balaban J connectivity index is 2.70. The van der Waals surface area contributed by atoms with Gasteiger partial charge >= 0.3 is 0 Å². The summed E-state index contributed by atoms with van der Waals surface area (Å²) in [7, 11) is 1.43. The fourth-order valence-corrected chi connectivity index (χ4v) is 0.773. The molecule has 0 aromatic carbocycles. The minimum Gasteiger partial charge on any atom is -0.357 e. The second-order valence-corrected chi connectivity index (χ2v) is 1.84. The third-order valence-corrected chi connectivity index (χ3v) is 1.29. The highest BCUT2D eigenvalue weighted by molar-refractivity contribution is 5.97. The monoisotopic (exact) mass is 141 g/mol. The highest BCUT2D eigenvalue weighted by Gasteiger charge is 2.24. The normalized spacial score (nSPS) is 23.9. The number of rotatable bonds is 2. The van der Waals surface area contributed by atoms with Gasteiger partial charge in [-0.05, 0) is 6.08 Å². The van der Waals surface area contributed by atoms with Crippen LogP contribution in [-0.4, -0.2) is 30.6 Å². The molecule has 0 aromatic rings. The molecule has 4 heteroatoms. The van der Waals surface area contributed by atoms with E-state index in [9.17, 15) is 9.59 Å². The van der Waals surface area contributed by atoms with Crippen molar-refractivity contribution in [1.29, 1.82) is 0 Å². The number of hydrogen-bond donors (Lipinski definition) is 0. The maximum atomic E-state index is 10.7. The summed E-state index contributed by atoms with van der Waals surface area (Å²) in [6.07, 6.45) is 2.78. The van der Waals surface area contributed by atoms with Gasteiger partial charge in [-0.25, -0.2) is 0 Å². The van der Waals surface area contributed by atoms with Crippen molar-refractivity contribution in [3.05, 3.63) is 12.2 Å². The van der Waals surface area contributed by atoms with Crippen LogP contribution in [0.5, 0.6) is 0 Å². The zero-order chi connectivity index (χ0) is 7.56. The molecule has 0 radical (unpaired) electrons. The second-order valence-electron chi connectivity index (χ2n) is 1.84. The van der Waals surface area contributed by atoms with Gasteiger partial charge in [0.15, 0.2) is 6.23 Å². The van der Waals surface area contributed by atoms with E-state index >= 15 is 0 Å². The smallest absolute Gasteiger partial charge is 0.255 e. The average molecular weight is 141 g/mol. The highest BCUT2D eigenvalue weighted by atomic mass is 16.5. The fourth-order valence-electron chi connectivity index (χ4n) is 0.773. The van der Waals surface area contributed by atoms with Crippen LogP contribution in [0.4, 0.5) is 0 Å². The first kappa shape index (κ1) is 6.95. The van der Waals surface area contributed by atoms with Gasteiger partial charge in [-0.15, -0.1) is 0 Å². The Kier molecular flexibility index (Phi) is 1.82. The lowest BCUT2D eigenvalue weighted by molar-refractivity contribution is -0.141. The summed E-state index contributed by atoms with van der Waals surface area (Å²) in [5.74, 6) is -0.332. The zero-order valence-corrected chi connectivity index (χ0v) is 5.48. The Labute approximate surface area is 58.1 Å². The Hall–Kier alpha value is -1.16. The fraction of sp³-hybridized carbons (Fsp3) is 0.333. The van der Waals surface area contributed by atoms with Crippen molar-refractivity contribution in [3.8, 4) is 0 Å². The molecule has 10 heavy (non-hydrogen) atoms. The molecule has 1 atom stereocenters. The second kappa shape index (κ2) is 2.62. The van der Waals surface area contributed by atoms with Crippen LogP contribution < -0.4 is 0 Å². The van der Waals surface area contributed by atoms with Crippen LogP contribution in [0.1, 0.15) is 0 Å². The van der Waals surface area contributed by atoms with E-state index in [4.69, 9.17) is 4.74 Å².